The molecule has 0 unspecified atom stereocenters. The van der Waals surface area contributed by atoms with Gasteiger partial charge in [-0.3, -0.25) is 9.59 Å². The van der Waals surface area contributed by atoms with Gasteiger partial charge in [0.25, 0.3) is 5.91 Å². The van der Waals surface area contributed by atoms with E-state index in [4.69, 9.17) is 23.2 Å². The fourth-order valence-electron chi connectivity index (χ4n) is 2.78. The lowest BCUT2D eigenvalue weighted by molar-refractivity contribution is -0.130. The number of hydrogen-bond donors (Lipinski definition) is 1. The maximum absolute atomic E-state index is 12.7. The molecule has 0 atom stereocenters. The van der Waals surface area contributed by atoms with E-state index in [0.29, 0.717) is 53.3 Å². The Labute approximate surface area is 161 Å². The molecule has 6 nitrogen and oxygen atoms in total. The second-order valence-corrected chi connectivity index (χ2v) is 6.74. The first kappa shape index (κ1) is 18.5. The molecule has 2 heterocycles. The summed E-state index contributed by atoms with van der Waals surface area (Å²) in [7, 11) is 0. The Hall–Kier alpha value is -2.31. The Kier molecular flexibility index (Phi) is 5.64. The molecule has 1 aliphatic rings. The number of aromatic nitrogens is 1. The van der Waals surface area contributed by atoms with Gasteiger partial charge in [-0.2, -0.15) is 0 Å². The summed E-state index contributed by atoms with van der Waals surface area (Å²) in [5.74, 6) is 0.448. The molecular weight excluding hydrogens is 375 g/mol. The number of carbonyl (C=O) groups excluding carboxylic acids is 2. The average molecular weight is 393 g/mol. The molecule has 0 spiro atoms. The molecule has 1 aromatic carbocycles. The molecule has 1 saturated heterocycles. The van der Waals surface area contributed by atoms with Crippen molar-refractivity contribution in [3.05, 3.63) is 52.1 Å². The maximum atomic E-state index is 12.7. The lowest BCUT2D eigenvalue weighted by Gasteiger charge is -2.34. The van der Waals surface area contributed by atoms with Gasteiger partial charge in [0, 0.05) is 44.9 Å². The van der Waals surface area contributed by atoms with E-state index in [1.807, 2.05) is 0 Å². The minimum absolute atomic E-state index is 0.0332. The van der Waals surface area contributed by atoms with E-state index in [-0.39, 0.29) is 11.8 Å². The molecule has 0 bridgehead atoms. The molecule has 1 aromatic heterocycles. The normalized spacial score (nSPS) is 14.3. The van der Waals surface area contributed by atoms with Gasteiger partial charge < -0.3 is 15.1 Å². The Morgan fingerprint density at radius 2 is 1.77 bits per heavy atom. The van der Waals surface area contributed by atoms with E-state index in [1.165, 1.54) is 0 Å². The summed E-state index contributed by atoms with van der Waals surface area (Å²) < 4.78 is 0. The summed E-state index contributed by atoms with van der Waals surface area (Å²) in [6.07, 6.45) is 1.57. The summed E-state index contributed by atoms with van der Waals surface area (Å²) in [5, 5.41) is 3.92. The van der Waals surface area contributed by atoms with Crippen molar-refractivity contribution in [2.45, 2.75) is 6.92 Å². The van der Waals surface area contributed by atoms with Crippen LogP contribution in [0.1, 0.15) is 17.3 Å². The number of piperazine rings is 1. The number of rotatable bonds is 3. The summed E-state index contributed by atoms with van der Waals surface area (Å²) in [5.41, 5.74) is 1.14. The van der Waals surface area contributed by atoms with Crippen LogP contribution in [0.2, 0.25) is 10.0 Å². The highest BCUT2D eigenvalue weighted by molar-refractivity contribution is 6.43. The van der Waals surface area contributed by atoms with Gasteiger partial charge in [0.05, 0.1) is 15.7 Å². The van der Waals surface area contributed by atoms with Crippen molar-refractivity contribution >= 4 is 46.5 Å². The van der Waals surface area contributed by atoms with Crippen LogP contribution < -0.4 is 5.32 Å². The SMILES string of the molecule is CC(=O)N1CCN(C(=O)c2ccnc(Nc3cccc(Cl)c3Cl)c2)CC1. The van der Waals surface area contributed by atoms with E-state index >= 15 is 0 Å². The fraction of sp³-hybridized carbons (Fsp3) is 0.278. The van der Waals surface area contributed by atoms with Gasteiger partial charge in [-0.25, -0.2) is 4.98 Å². The summed E-state index contributed by atoms with van der Waals surface area (Å²) in [6, 6.07) is 8.61. The summed E-state index contributed by atoms with van der Waals surface area (Å²) >= 11 is 12.2. The number of benzene rings is 1. The monoisotopic (exact) mass is 392 g/mol. The number of nitrogens with zero attached hydrogens (tertiary/aromatic N) is 3. The molecule has 8 heteroatoms. The van der Waals surface area contributed by atoms with Crippen molar-refractivity contribution in [3.8, 4) is 0 Å². The Bertz CT molecular complexity index is 836. The van der Waals surface area contributed by atoms with Crippen LogP contribution in [0.3, 0.4) is 0 Å². The predicted molar refractivity (Wildman–Crippen MR) is 102 cm³/mol. The zero-order valence-electron chi connectivity index (χ0n) is 14.2. The molecule has 26 heavy (non-hydrogen) atoms. The number of amides is 2. The largest absolute Gasteiger partial charge is 0.339 e. The number of halogens is 2. The quantitative estimate of drug-likeness (QED) is 0.868. The second-order valence-electron chi connectivity index (χ2n) is 5.95. The molecule has 1 aliphatic heterocycles. The molecule has 3 rings (SSSR count). The van der Waals surface area contributed by atoms with Gasteiger partial charge >= 0.3 is 0 Å². The standard InChI is InChI=1S/C18H18Cl2N4O2/c1-12(25)23-7-9-24(10-8-23)18(26)13-5-6-21-16(11-13)22-15-4-2-3-14(19)17(15)20/h2-6,11H,7-10H2,1H3,(H,21,22). The van der Waals surface area contributed by atoms with E-state index in [2.05, 4.69) is 10.3 Å². The molecule has 136 valence electrons. The fourth-order valence-corrected chi connectivity index (χ4v) is 3.13. The van der Waals surface area contributed by atoms with Crippen molar-refractivity contribution in [1.29, 1.82) is 0 Å². The zero-order chi connectivity index (χ0) is 18.7. The Morgan fingerprint density at radius 1 is 1.08 bits per heavy atom. The van der Waals surface area contributed by atoms with Crippen molar-refractivity contribution < 1.29 is 9.59 Å². The van der Waals surface area contributed by atoms with E-state index < -0.39 is 0 Å². The zero-order valence-corrected chi connectivity index (χ0v) is 15.7. The second kappa shape index (κ2) is 7.93. The lowest BCUT2D eigenvalue weighted by atomic mass is 10.2. The van der Waals surface area contributed by atoms with Gasteiger partial charge in [-0.05, 0) is 24.3 Å². The van der Waals surface area contributed by atoms with Gasteiger partial charge in [0.2, 0.25) is 5.91 Å². The Morgan fingerprint density at radius 3 is 2.46 bits per heavy atom. The van der Waals surface area contributed by atoms with Crippen molar-refractivity contribution in [2.75, 3.05) is 31.5 Å². The number of anilines is 2. The lowest BCUT2D eigenvalue weighted by Crippen LogP contribution is -2.50. The van der Waals surface area contributed by atoms with Crippen LogP contribution in [0.15, 0.2) is 36.5 Å². The van der Waals surface area contributed by atoms with Crippen LogP contribution in [0.4, 0.5) is 11.5 Å². The minimum Gasteiger partial charge on any atom is -0.339 e. The third kappa shape index (κ3) is 4.08. The molecule has 0 aliphatic carbocycles. The smallest absolute Gasteiger partial charge is 0.254 e. The van der Waals surface area contributed by atoms with Crippen LogP contribution in [-0.2, 0) is 4.79 Å². The van der Waals surface area contributed by atoms with Gasteiger partial charge in [0.1, 0.15) is 5.82 Å². The average Bonchev–Trinajstić information content (AvgIpc) is 2.65. The number of hydrogen-bond acceptors (Lipinski definition) is 4. The third-order valence-corrected chi connectivity index (χ3v) is 5.05. The molecule has 2 amide bonds. The number of pyridine rings is 1. The summed E-state index contributed by atoms with van der Waals surface area (Å²) in [4.78, 5) is 31.8. The van der Waals surface area contributed by atoms with Crippen LogP contribution >= 0.6 is 23.2 Å². The first-order chi connectivity index (χ1) is 12.5. The van der Waals surface area contributed by atoms with Crippen LogP contribution in [0.5, 0.6) is 0 Å². The topological polar surface area (TPSA) is 65.5 Å². The highest BCUT2D eigenvalue weighted by Gasteiger charge is 2.23. The maximum Gasteiger partial charge on any atom is 0.254 e. The first-order valence-corrected chi connectivity index (χ1v) is 8.93. The number of carbonyl (C=O) groups is 2. The van der Waals surface area contributed by atoms with Crippen LogP contribution in [-0.4, -0.2) is 52.8 Å². The van der Waals surface area contributed by atoms with Gasteiger partial charge in [0.15, 0.2) is 0 Å². The molecule has 0 saturated carbocycles. The first-order valence-electron chi connectivity index (χ1n) is 8.17. The van der Waals surface area contributed by atoms with E-state index in [1.54, 1.807) is 53.3 Å². The van der Waals surface area contributed by atoms with Crippen LogP contribution in [0.25, 0.3) is 0 Å². The minimum atomic E-state index is -0.0872. The third-order valence-electron chi connectivity index (χ3n) is 4.23. The molecule has 2 aromatic rings. The van der Waals surface area contributed by atoms with Crippen molar-refractivity contribution in [2.24, 2.45) is 0 Å². The molecule has 1 fully saturated rings. The highest BCUT2D eigenvalue weighted by Crippen LogP contribution is 2.31. The molecule has 0 radical (unpaired) electrons. The molecule has 1 N–H and O–H groups in total. The number of nitrogens with one attached hydrogen (secondary N) is 1. The van der Waals surface area contributed by atoms with Gasteiger partial charge in [-0.15, -0.1) is 0 Å². The molecular formula is C18H18Cl2N4O2. The summed E-state index contributed by atoms with van der Waals surface area (Å²) in [6.45, 7) is 3.68. The van der Waals surface area contributed by atoms with E-state index in [9.17, 15) is 9.59 Å². The Balaban J connectivity index is 1.72. The van der Waals surface area contributed by atoms with Crippen molar-refractivity contribution in [1.82, 2.24) is 14.8 Å². The van der Waals surface area contributed by atoms with E-state index in [0.717, 1.165) is 0 Å². The highest BCUT2D eigenvalue weighted by atomic mass is 35.5. The van der Waals surface area contributed by atoms with Crippen LogP contribution in [0, 0.1) is 0 Å². The predicted octanol–water partition coefficient (Wildman–Crippen LogP) is 3.44. The van der Waals surface area contributed by atoms with Crippen molar-refractivity contribution in [3.63, 3.8) is 0 Å². The van der Waals surface area contributed by atoms with Gasteiger partial charge in [-0.1, -0.05) is 29.3 Å².